The van der Waals surface area contributed by atoms with E-state index in [1.165, 1.54) is 109 Å². The maximum atomic E-state index is 13.5. The highest BCUT2D eigenvalue weighted by molar-refractivity contribution is 5.80. The SMILES string of the molecule is CC/C=C\C/C=C\C/C=C\C/C=C\C/C=C\CCCCCCCCCCCCC(O)C(=O)NC(COC1OC(CO)C(O)C(O)C1OC(=O)CCCCC/C=C\C/C=C\C/C=C\C/C=C\CCCCC)C(O)/C=C/CCCCCCCCCCCC. The van der Waals surface area contributed by atoms with Gasteiger partial charge in [0.25, 0.3) is 0 Å². The molecule has 1 aliphatic heterocycles. The van der Waals surface area contributed by atoms with Crippen molar-refractivity contribution in [2.24, 2.45) is 0 Å². The Kier molecular flexibility index (Phi) is 57.1. The molecule has 492 valence electrons. The fraction of sp³-hybridized carbons (Fsp3) is 0.707. The summed E-state index contributed by atoms with van der Waals surface area (Å²) >= 11 is 0. The molecule has 0 aromatic carbocycles. The molecular weight excluding hydrogens is 1070 g/mol. The van der Waals surface area contributed by atoms with Gasteiger partial charge in [0.1, 0.15) is 24.4 Å². The first-order chi connectivity index (χ1) is 42.2. The van der Waals surface area contributed by atoms with Gasteiger partial charge < -0.3 is 45.1 Å². The zero-order valence-electron chi connectivity index (χ0n) is 54.6. The van der Waals surface area contributed by atoms with E-state index in [1.807, 2.05) is 6.08 Å². The lowest BCUT2D eigenvalue weighted by atomic mass is 9.99. The van der Waals surface area contributed by atoms with Crippen LogP contribution in [-0.2, 0) is 23.8 Å². The maximum Gasteiger partial charge on any atom is 0.306 e. The van der Waals surface area contributed by atoms with Crippen molar-refractivity contribution in [2.45, 2.75) is 327 Å². The van der Waals surface area contributed by atoms with E-state index >= 15 is 0 Å². The van der Waals surface area contributed by atoms with Crippen LogP contribution in [0.1, 0.15) is 278 Å². The van der Waals surface area contributed by atoms with Gasteiger partial charge in [-0.3, -0.25) is 9.59 Å². The van der Waals surface area contributed by atoms with Crippen LogP contribution < -0.4 is 5.32 Å². The van der Waals surface area contributed by atoms with Crippen molar-refractivity contribution in [1.82, 2.24) is 5.32 Å². The monoisotopic (exact) mass is 1200 g/mol. The summed E-state index contributed by atoms with van der Waals surface area (Å²) in [6, 6.07) is -1.04. The number of hydrogen-bond donors (Lipinski definition) is 6. The molecule has 1 heterocycles. The average Bonchev–Trinajstić information content (AvgIpc) is 3.68. The van der Waals surface area contributed by atoms with Crippen molar-refractivity contribution < 1.29 is 49.3 Å². The first-order valence-corrected chi connectivity index (χ1v) is 34.8. The molecule has 1 rings (SSSR count). The first-order valence-electron chi connectivity index (χ1n) is 34.8. The largest absolute Gasteiger partial charge is 0.454 e. The summed E-state index contributed by atoms with van der Waals surface area (Å²) in [7, 11) is 0. The van der Waals surface area contributed by atoms with Gasteiger partial charge in [0.2, 0.25) is 5.91 Å². The summed E-state index contributed by atoms with van der Waals surface area (Å²) in [6.45, 7) is 5.64. The predicted molar refractivity (Wildman–Crippen MR) is 361 cm³/mol. The van der Waals surface area contributed by atoms with Gasteiger partial charge in [0.05, 0.1) is 25.4 Å². The summed E-state index contributed by atoms with van der Waals surface area (Å²) in [5.74, 6) is -1.23. The summed E-state index contributed by atoms with van der Waals surface area (Å²) in [4.78, 5) is 26.6. The van der Waals surface area contributed by atoms with Crippen LogP contribution in [0.25, 0.3) is 0 Å². The molecule has 0 aromatic rings. The van der Waals surface area contributed by atoms with E-state index in [-0.39, 0.29) is 19.4 Å². The molecule has 0 radical (unpaired) electrons. The zero-order valence-corrected chi connectivity index (χ0v) is 54.6. The van der Waals surface area contributed by atoms with Crippen LogP contribution in [0.2, 0.25) is 0 Å². The number of nitrogens with one attached hydrogen (secondary N) is 1. The number of rotatable bonds is 58. The molecule has 6 N–H and O–H groups in total. The van der Waals surface area contributed by atoms with E-state index in [4.69, 9.17) is 14.2 Å². The Morgan fingerprint density at radius 1 is 0.465 bits per heavy atom. The standard InChI is InChI=1S/C75H127NO10/c1-4-7-10-13-16-19-22-25-27-29-31-32-33-34-35-36-37-39-40-42-44-47-50-53-56-59-62-68(79)74(83)76-66(67(78)61-58-55-52-49-46-24-21-18-15-12-9-6-3)65-84-75-73(72(82)71(81)69(64-77)85-75)86-70(80)63-60-57-54-51-48-45-43-41-38-30-28-26-23-20-17-14-11-8-5-2/h7,10,16-17,19-20,25-28,31-32,34-35,38,41,45,48,58,61,66-69,71-73,75,77-79,81-82H,4-6,8-9,11-15,18,21-24,29-30,33,36-37,39-40,42-44,46-47,49-57,59-60,62-65H2,1-3H3,(H,76,83)/b10-7-,19-16-,20-17-,27-25-,28-26-,32-31-,35-34-,41-38-,48-45-,61-58+. The minimum atomic E-state index is -1.63. The van der Waals surface area contributed by atoms with Gasteiger partial charge in [-0.05, 0) is 116 Å². The molecule has 86 heavy (non-hydrogen) atoms. The van der Waals surface area contributed by atoms with Crippen LogP contribution in [0, 0.1) is 0 Å². The minimum absolute atomic E-state index is 0.0805. The second-order valence-electron chi connectivity index (χ2n) is 23.5. The number of esters is 1. The second kappa shape index (κ2) is 61.3. The van der Waals surface area contributed by atoms with Crippen molar-refractivity contribution in [3.8, 4) is 0 Å². The third kappa shape index (κ3) is 48.0. The highest BCUT2D eigenvalue weighted by Crippen LogP contribution is 2.26. The van der Waals surface area contributed by atoms with Gasteiger partial charge in [-0.1, -0.05) is 277 Å². The lowest BCUT2D eigenvalue weighted by Crippen LogP contribution is -2.61. The lowest BCUT2D eigenvalue weighted by molar-refractivity contribution is -0.305. The van der Waals surface area contributed by atoms with Gasteiger partial charge in [-0.15, -0.1) is 0 Å². The van der Waals surface area contributed by atoms with E-state index < -0.39 is 67.4 Å². The van der Waals surface area contributed by atoms with Gasteiger partial charge in [-0.2, -0.15) is 0 Å². The van der Waals surface area contributed by atoms with Gasteiger partial charge in [0, 0.05) is 6.42 Å². The molecule has 1 fully saturated rings. The number of aliphatic hydroxyl groups is 5. The molecule has 8 atom stereocenters. The number of aliphatic hydroxyl groups excluding tert-OH is 5. The molecule has 8 unspecified atom stereocenters. The maximum absolute atomic E-state index is 13.5. The van der Waals surface area contributed by atoms with Crippen molar-refractivity contribution in [3.63, 3.8) is 0 Å². The third-order valence-electron chi connectivity index (χ3n) is 15.6. The fourth-order valence-corrected chi connectivity index (χ4v) is 10.1. The number of ether oxygens (including phenoxy) is 3. The average molecular weight is 1200 g/mol. The lowest BCUT2D eigenvalue weighted by Gasteiger charge is -2.41. The van der Waals surface area contributed by atoms with Crippen LogP contribution >= 0.6 is 0 Å². The van der Waals surface area contributed by atoms with Crippen molar-refractivity contribution >= 4 is 11.9 Å². The number of hydrogen-bond acceptors (Lipinski definition) is 10. The Bertz CT molecular complexity index is 1860. The van der Waals surface area contributed by atoms with Crippen LogP contribution in [-0.4, -0.2) is 99.6 Å². The molecule has 1 saturated heterocycles. The van der Waals surface area contributed by atoms with Gasteiger partial charge in [0.15, 0.2) is 12.4 Å². The molecule has 0 saturated carbocycles. The fourth-order valence-electron chi connectivity index (χ4n) is 10.1. The Labute approximate surface area is 525 Å². The Balaban J connectivity index is 2.61. The number of amides is 1. The Morgan fingerprint density at radius 2 is 0.837 bits per heavy atom. The smallest absolute Gasteiger partial charge is 0.306 e. The summed E-state index contributed by atoms with van der Waals surface area (Å²) in [5.41, 5.74) is 0. The molecular formula is C75H127NO10. The predicted octanol–water partition coefficient (Wildman–Crippen LogP) is 17.8. The number of unbranched alkanes of at least 4 members (excludes halogenated alkanes) is 26. The Hall–Kier alpha value is -3.94. The summed E-state index contributed by atoms with van der Waals surface area (Å²) in [5, 5.41) is 57.2. The molecule has 1 amide bonds. The molecule has 11 nitrogen and oxygen atoms in total. The van der Waals surface area contributed by atoms with E-state index in [0.717, 1.165) is 122 Å². The Morgan fingerprint density at radius 3 is 1.28 bits per heavy atom. The third-order valence-corrected chi connectivity index (χ3v) is 15.6. The highest BCUT2D eigenvalue weighted by atomic mass is 16.7. The normalized spacial score (nSPS) is 19.1. The topological polar surface area (TPSA) is 175 Å². The molecule has 0 bridgehead atoms. The number of carbonyl (C=O) groups is 2. The number of allylic oxidation sites excluding steroid dienone is 19. The number of carbonyl (C=O) groups excluding carboxylic acids is 2. The van der Waals surface area contributed by atoms with E-state index in [2.05, 4.69) is 135 Å². The molecule has 0 aliphatic carbocycles. The van der Waals surface area contributed by atoms with Crippen molar-refractivity contribution in [1.29, 1.82) is 0 Å². The summed E-state index contributed by atoms with van der Waals surface area (Å²) < 4.78 is 17.6. The first kappa shape index (κ1) is 80.1. The van der Waals surface area contributed by atoms with Crippen LogP contribution in [0.3, 0.4) is 0 Å². The summed E-state index contributed by atoms with van der Waals surface area (Å²) in [6.07, 6.45) is 75.2. The van der Waals surface area contributed by atoms with Crippen LogP contribution in [0.15, 0.2) is 122 Å². The van der Waals surface area contributed by atoms with E-state index in [9.17, 15) is 35.1 Å². The minimum Gasteiger partial charge on any atom is -0.454 e. The molecule has 0 aromatic heterocycles. The van der Waals surface area contributed by atoms with Crippen LogP contribution in [0.5, 0.6) is 0 Å². The van der Waals surface area contributed by atoms with Gasteiger partial charge in [-0.25, -0.2) is 0 Å². The quantitative estimate of drug-likeness (QED) is 0.0195. The second-order valence-corrected chi connectivity index (χ2v) is 23.5. The molecule has 11 heteroatoms. The molecule has 0 spiro atoms. The van der Waals surface area contributed by atoms with E-state index in [0.29, 0.717) is 12.8 Å². The van der Waals surface area contributed by atoms with Crippen LogP contribution in [0.4, 0.5) is 0 Å². The van der Waals surface area contributed by atoms with Gasteiger partial charge >= 0.3 is 5.97 Å². The molecule has 1 aliphatic rings. The highest BCUT2D eigenvalue weighted by Gasteiger charge is 2.47. The van der Waals surface area contributed by atoms with Crippen molar-refractivity contribution in [2.75, 3.05) is 13.2 Å². The zero-order chi connectivity index (χ0) is 62.4. The van der Waals surface area contributed by atoms with Crippen molar-refractivity contribution in [3.05, 3.63) is 122 Å². The van der Waals surface area contributed by atoms with E-state index in [1.54, 1.807) is 6.08 Å².